The van der Waals surface area contributed by atoms with Gasteiger partial charge in [0.15, 0.2) is 0 Å². The Hall–Kier alpha value is -0.780. The molecule has 126 valence electrons. The predicted octanol–water partition coefficient (Wildman–Crippen LogP) is 3.05. The first-order chi connectivity index (χ1) is 11.2. The molecule has 0 saturated carbocycles. The van der Waals surface area contributed by atoms with E-state index < -0.39 is 0 Å². The van der Waals surface area contributed by atoms with E-state index >= 15 is 0 Å². The first kappa shape index (κ1) is 15.7. The van der Waals surface area contributed by atoms with Crippen LogP contribution in [0.1, 0.15) is 42.0 Å². The van der Waals surface area contributed by atoms with Crippen LogP contribution in [0, 0.1) is 5.92 Å². The lowest BCUT2D eigenvalue weighted by atomic mass is 9.87. The lowest BCUT2D eigenvalue weighted by Crippen LogP contribution is -2.24. The normalized spacial score (nSPS) is 27.1. The molecule has 1 aromatic rings. The van der Waals surface area contributed by atoms with Crippen molar-refractivity contribution in [3.63, 3.8) is 0 Å². The quantitative estimate of drug-likeness (QED) is 0.856. The zero-order valence-corrected chi connectivity index (χ0v) is 15.3. The summed E-state index contributed by atoms with van der Waals surface area (Å²) >= 11 is 3.80. The fourth-order valence-electron chi connectivity index (χ4n) is 4.39. The highest BCUT2D eigenvalue weighted by Gasteiger charge is 2.37. The maximum absolute atomic E-state index is 6.19. The van der Waals surface area contributed by atoms with E-state index in [0.29, 0.717) is 12.0 Å². The molecule has 2 N–H and O–H groups in total. The number of rotatable bonds is 2. The van der Waals surface area contributed by atoms with Gasteiger partial charge in [0.1, 0.15) is 11.5 Å². The summed E-state index contributed by atoms with van der Waals surface area (Å²) in [6, 6.07) is 0.402. The summed E-state index contributed by atoms with van der Waals surface area (Å²) in [6.45, 7) is 3.47. The maximum atomic E-state index is 6.19. The van der Waals surface area contributed by atoms with Crippen LogP contribution in [0.3, 0.4) is 0 Å². The van der Waals surface area contributed by atoms with Gasteiger partial charge in [0, 0.05) is 29.3 Å². The highest BCUT2D eigenvalue weighted by molar-refractivity contribution is 9.10. The number of hydrogen-bond donors (Lipinski definition) is 1. The third-order valence-electron chi connectivity index (χ3n) is 5.52. The topological polar surface area (TPSA) is 47.7 Å². The lowest BCUT2D eigenvalue weighted by molar-refractivity contribution is 0.249. The largest absolute Gasteiger partial charge is 0.493 e. The third kappa shape index (κ3) is 2.57. The summed E-state index contributed by atoms with van der Waals surface area (Å²) in [7, 11) is 2.22. The minimum absolute atomic E-state index is 0.402. The molecule has 0 aliphatic carbocycles. The van der Waals surface area contributed by atoms with E-state index in [9.17, 15) is 0 Å². The summed E-state index contributed by atoms with van der Waals surface area (Å²) in [5.74, 6) is 2.77. The van der Waals surface area contributed by atoms with Crippen molar-refractivity contribution < 1.29 is 9.47 Å². The minimum atomic E-state index is 0.402. The van der Waals surface area contributed by atoms with Crippen molar-refractivity contribution in [3.8, 4) is 11.5 Å². The Labute approximate surface area is 146 Å². The number of ether oxygens (including phenoxy) is 2. The molecule has 3 aliphatic rings. The van der Waals surface area contributed by atoms with Crippen LogP contribution in [-0.4, -0.2) is 38.3 Å². The molecule has 0 amide bonds. The van der Waals surface area contributed by atoms with Gasteiger partial charge in [-0.2, -0.15) is 0 Å². The molecule has 1 aromatic carbocycles. The van der Waals surface area contributed by atoms with Crippen LogP contribution in [-0.2, 0) is 12.8 Å². The van der Waals surface area contributed by atoms with Crippen molar-refractivity contribution in [1.82, 2.24) is 4.90 Å². The van der Waals surface area contributed by atoms with Crippen molar-refractivity contribution >= 4 is 15.9 Å². The van der Waals surface area contributed by atoms with Crippen LogP contribution in [0.25, 0.3) is 0 Å². The van der Waals surface area contributed by atoms with E-state index in [2.05, 4.69) is 27.9 Å². The van der Waals surface area contributed by atoms with E-state index in [4.69, 9.17) is 15.2 Å². The Kier molecular flexibility index (Phi) is 4.28. The fourth-order valence-corrected chi connectivity index (χ4v) is 5.12. The highest BCUT2D eigenvalue weighted by Crippen LogP contribution is 2.51. The van der Waals surface area contributed by atoms with Gasteiger partial charge < -0.3 is 15.2 Å². The SMILES string of the molecule is CN1CC(CN)CC1c1c2c(c(Br)c3c1OCCC3)OCCC2. The number of benzene rings is 1. The summed E-state index contributed by atoms with van der Waals surface area (Å²) < 4.78 is 13.4. The van der Waals surface area contributed by atoms with E-state index in [0.717, 1.165) is 74.4 Å². The Balaban J connectivity index is 1.87. The molecular formula is C18H25BrN2O2. The second-order valence-corrected chi connectivity index (χ2v) is 7.83. The molecule has 1 saturated heterocycles. The van der Waals surface area contributed by atoms with Crippen molar-refractivity contribution in [3.05, 3.63) is 21.2 Å². The van der Waals surface area contributed by atoms with Crippen molar-refractivity contribution in [2.45, 2.75) is 38.1 Å². The Morgan fingerprint density at radius 1 is 1.13 bits per heavy atom. The molecule has 4 rings (SSSR count). The summed E-state index contributed by atoms with van der Waals surface area (Å²) in [5, 5.41) is 0. The second-order valence-electron chi connectivity index (χ2n) is 7.04. The highest BCUT2D eigenvalue weighted by atomic mass is 79.9. The Bertz CT molecular complexity index is 583. The average molecular weight is 381 g/mol. The van der Waals surface area contributed by atoms with Crippen molar-refractivity contribution in [2.75, 3.05) is 33.4 Å². The van der Waals surface area contributed by atoms with Crippen molar-refractivity contribution in [2.24, 2.45) is 11.7 Å². The smallest absolute Gasteiger partial charge is 0.137 e. The van der Waals surface area contributed by atoms with Crippen molar-refractivity contribution in [1.29, 1.82) is 0 Å². The molecule has 3 heterocycles. The summed E-state index contributed by atoms with van der Waals surface area (Å²) in [6.07, 6.45) is 5.43. The van der Waals surface area contributed by atoms with Gasteiger partial charge in [0.25, 0.3) is 0 Å². The zero-order chi connectivity index (χ0) is 16.0. The van der Waals surface area contributed by atoms with E-state index in [1.165, 1.54) is 16.7 Å². The van der Waals surface area contributed by atoms with Gasteiger partial charge in [-0.3, -0.25) is 4.90 Å². The van der Waals surface area contributed by atoms with Gasteiger partial charge >= 0.3 is 0 Å². The lowest BCUT2D eigenvalue weighted by Gasteiger charge is -2.33. The zero-order valence-electron chi connectivity index (χ0n) is 13.7. The predicted molar refractivity (Wildman–Crippen MR) is 94.3 cm³/mol. The number of fused-ring (bicyclic) bond motifs is 2. The second kappa shape index (κ2) is 6.26. The van der Waals surface area contributed by atoms with Crippen LogP contribution in [0.15, 0.2) is 4.47 Å². The van der Waals surface area contributed by atoms with Gasteiger partial charge in [-0.15, -0.1) is 0 Å². The molecule has 23 heavy (non-hydrogen) atoms. The molecule has 0 aromatic heterocycles. The van der Waals surface area contributed by atoms with Crippen LogP contribution in [0.4, 0.5) is 0 Å². The molecule has 0 spiro atoms. The van der Waals surface area contributed by atoms with Crippen LogP contribution in [0.2, 0.25) is 0 Å². The van der Waals surface area contributed by atoms with Crippen LogP contribution >= 0.6 is 15.9 Å². The van der Waals surface area contributed by atoms with Gasteiger partial charge in [-0.1, -0.05) is 0 Å². The van der Waals surface area contributed by atoms with Gasteiger partial charge in [-0.25, -0.2) is 0 Å². The van der Waals surface area contributed by atoms with Gasteiger partial charge in [0.2, 0.25) is 0 Å². The van der Waals surface area contributed by atoms with Crippen LogP contribution < -0.4 is 15.2 Å². The molecule has 2 atom stereocenters. The molecule has 3 aliphatic heterocycles. The standard InChI is InChI=1S/C18H25BrN2O2/c1-21-10-11(9-20)8-14(21)15-12-4-2-7-23-18(12)16(19)13-5-3-6-22-17(13)15/h11,14H,2-10,20H2,1H3. The third-order valence-corrected chi connectivity index (χ3v) is 6.36. The average Bonchev–Trinajstić information content (AvgIpc) is 2.96. The van der Waals surface area contributed by atoms with E-state index in [-0.39, 0.29) is 0 Å². The molecule has 0 radical (unpaired) electrons. The fraction of sp³-hybridized carbons (Fsp3) is 0.667. The van der Waals surface area contributed by atoms with Gasteiger partial charge in [-0.05, 0) is 67.5 Å². The number of nitrogens with two attached hydrogens (primary N) is 1. The Morgan fingerprint density at radius 3 is 2.52 bits per heavy atom. The first-order valence-electron chi connectivity index (χ1n) is 8.73. The monoisotopic (exact) mass is 380 g/mol. The first-order valence-corrected chi connectivity index (χ1v) is 9.53. The number of halogens is 1. The molecule has 5 heteroatoms. The number of likely N-dealkylation sites (tertiary alicyclic amines) is 1. The van der Waals surface area contributed by atoms with Crippen LogP contribution in [0.5, 0.6) is 11.5 Å². The maximum Gasteiger partial charge on any atom is 0.137 e. The van der Waals surface area contributed by atoms with E-state index in [1.807, 2.05) is 0 Å². The Morgan fingerprint density at radius 2 is 1.83 bits per heavy atom. The number of hydrogen-bond acceptors (Lipinski definition) is 4. The number of nitrogens with zero attached hydrogens (tertiary/aromatic N) is 1. The van der Waals surface area contributed by atoms with Gasteiger partial charge in [0.05, 0.1) is 17.7 Å². The molecule has 4 nitrogen and oxygen atoms in total. The molecule has 1 fully saturated rings. The summed E-state index contributed by atoms with van der Waals surface area (Å²) in [5.41, 5.74) is 9.99. The molecule has 2 unspecified atom stereocenters. The summed E-state index contributed by atoms with van der Waals surface area (Å²) in [4.78, 5) is 2.45. The molecular weight excluding hydrogens is 356 g/mol. The molecule has 0 bridgehead atoms. The minimum Gasteiger partial charge on any atom is -0.493 e. The van der Waals surface area contributed by atoms with E-state index in [1.54, 1.807) is 0 Å².